The zero-order valence-corrected chi connectivity index (χ0v) is 15.4. The highest BCUT2D eigenvalue weighted by atomic mass is 32.2. The summed E-state index contributed by atoms with van der Waals surface area (Å²) in [6, 6.07) is 9.75. The van der Waals surface area contributed by atoms with Crippen LogP contribution in [0.1, 0.15) is 31.9 Å². The fraction of sp³-hybridized carbons (Fsp3) is 0.316. The number of rotatable bonds is 5. The van der Waals surface area contributed by atoms with Crippen LogP contribution in [0.2, 0.25) is 0 Å². The molecular formula is C19H22N2O4S. The quantitative estimate of drug-likeness (QED) is 0.813. The lowest BCUT2D eigenvalue weighted by Crippen LogP contribution is -2.41. The lowest BCUT2D eigenvalue weighted by molar-refractivity contribution is -0.111. The number of benzene rings is 1. The summed E-state index contributed by atoms with van der Waals surface area (Å²) in [6.45, 7) is 2.50. The predicted octanol–water partition coefficient (Wildman–Crippen LogP) is 3.49. The maximum absolute atomic E-state index is 12.8. The highest BCUT2D eigenvalue weighted by Gasteiger charge is 2.30. The average Bonchev–Trinajstić information content (AvgIpc) is 3.14. The van der Waals surface area contributed by atoms with Gasteiger partial charge in [-0.1, -0.05) is 6.42 Å². The second kappa shape index (κ2) is 7.88. The maximum atomic E-state index is 12.8. The molecule has 26 heavy (non-hydrogen) atoms. The smallest absolute Gasteiger partial charge is 0.248 e. The van der Waals surface area contributed by atoms with Gasteiger partial charge < -0.3 is 9.73 Å². The first-order valence-electron chi connectivity index (χ1n) is 8.61. The van der Waals surface area contributed by atoms with Crippen LogP contribution in [-0.2, 0) is 14.8 Å². The lowest BCUT2D eigenvalue weighted by atomic mass is 10.1. The van der Waals surface area contributed by atoms with Gasteiger partial charge in [-0.3, -0.25) is 4.79 Å². The monoisotopic (exact) mass is 374 g/mol. The van der Waals surface area contributed by atoms with Crippen LogP contribution in [0, 0.1) is 0 Å². The molecule has 1 N–H and O–H groups in total. The van der Waals surface area contributed by atoms with Gasteiger partial charge in [-0.15, -0.1) is 0 Å². The van der Waals surface area contributed by atoms with Crippen molar-refractivity contribution in [3.63, 3.8) is 0 Å². The van der Waals surface area contributed by atoms with Crippen molar-refractivity contribution in [3.8, 4) is 0 Å². The Morgan fingerprint density at radius 3 is 2.65 bits per heavy atom. The van der Waals surface area contributed by atoms with Crippen molar-refractivity contribution in [2.24, 2.45) is 0 Å². The molecule has 1 saturated heterocycles. The molecule has 3 rings (SSSR count). The minimum Gasteiger partial charge on any atom is -0.465 e. The average molecular weight is 374 g/mol. The van der Waals surface area contributed by atoms with E-state index < -0.39 is 10.0 Å². The summed E-state index contributed by atoms with van der Waals surface area (Å²) >= 11 is 0. The molecule has 0 bridgehead atoms. The van der Waals surface area contributed by atoms with E-state index in [1.54, 1.807) is 34.6 Å². The molecule has 1 amide bonds. The molecule has 1 aromatic carbocycles. The van der Waals surface area contributed by atoms with Gasteiger partial charge >= 0.3 is 0 Å². The van der Waals surface area contributed by atoms with Crippen LogP contribution >= 0.6 is 0 Å². The van der Waals surface area contributed by atoms with Gasteiger partial charge in [0.2, 0.25) is 15.9 Å². The molecule has 0 unspecified atom stereocenters. The Hall–Kier alpha value is -2.38. The molecule has 0 spiro atoms. The third-order valence-corrected chi connectivity index (χ3v) is 6.44. The number of anilines is 1. The van der Waals surface area contributed by atoms with Gasteiger partial charge in [0.05, 0.1) is 11.2 Å². The molecule has 2 heterocycles. The van der Waals surface area contributed by atoms with Crippen molar-refractivity contribution in [1.82, 2.24) is 4.31 Å². The standard InChI is InChI=1S/C19H22N2O4S/c1-15-5-2-3-13-21(15)26(23,24)18-10-7-16(8-11-18)20-19(22)12-9-17-6-4-14-25-17/h4,6-12,14-15H,2-3,5,13H2,1H3,(H,20,22)/b12-9-/t15-/m1/s1. The molecule has 1 aliphatic rings. The van der Waals surface area contributed by atoms with Crippen LogP contribution in [0.4, 0.5) is 5.69 Å². The number of nitrogens with one attached hydrogen (secondary N) is 1. The van der Waals surface area contributed by atoms with Gasteiger partial charge in [-0.25, -0.2) is 8.42 Å². The van der Waals surface area contributed by atoms with Gasteiger partial charge in [0.15, 0.2) is 0 Å². The minimum atomic E-state index is -3.50. The molecule has 1 fully saturated rings. The summed E-state index contributed by atoms with van der Waals surface area (Å²) in [7, 11) is -3.50. The summed E-state index contributed by atoms with van der Waals surface area (Å²) < 4.78 is 32.2. The minimum absolute atomic E-state index is 0.0138. The number of hydrogen-bond acceptors (Lipinski definition) is 4. The molecule has 0 aliphatic carbocycles. The number of sulfonamides is 1. The molecule has 0 radical (unpaired) electrons. The second-order valence-electron chi connectivity index (χ2n) is 6.32. The number of piperidine rings is 1. The van der Waals surface area contributed by atoms with Gasteiger partial charge in [0, 0.05) is 24.4 Å². The van der Waals surface area contributed by atoms with E-state index in [1.165, 1.54) is 24.5 Å². The van der Waals surface area contributed by atoms with Crippen molar-refractivity contribution in [2.75, 3.05) is 11.9 Å². The third kappa shape index (κ3) is 4.23. The van der Waals surface area contributed by atoms with Crippen LogP contribution in [0.3, 0.4) is 0 Å². The Balaban J connectivity index is 1.67. The van der Waals surface area contributed by atoms with Crippen LogP contribution in [-0.4, -0.2) is 31.2 Å². The molecule has 1 atom stereocenters. The van der Waals surface area contributed by atoms with Crippen LogP contribution in [0.25, 0.3) is 6.08 Å². The number of furan rings is 1. The second-order valence-corrected chi connectivity index (χ2v) is 8.21. The van der Waals surface area contributed by atoms with E-state index in [4.69, 9.17) is 4.42 Å². The normalized spacial score (nSPS) is 18.9. The van der Waals surface area contributed by atoms with E-state index >= 15 is 0 Å². The number of carbonyl (C=O) groups is 1. The van der Waals surface area contributed by atoms with Crippen LogP contribution in [0.15, 0.2) is 58.1 Å². The van der Waals surface area contributed by atoms with Crippen LogP contribution in [0.5, 0.6) is 0 Å². The Labute approximate surface area is 153 Å². The van der Waals surface area contributed by atoms with Gasteiger partial charge in [0.1, 0.15) is 5.76 Å². The summed E-state index contributed by atoms with van der Waals surface area (Å²) in [5.74, 6) is 0.263. The molecule has 1 aliphatic heterocycles. The highest BCUT2D eigenvalue weighted by Crippen LogP contribution is 2.25. The van der Waals surface area contributed by atoms with Crippen molar-refractivity contribution in [1.29, 1.82) is 0 Å². The molecule has 138 valence electrons. The van der Waals surface area contributed by atoms with E-state index in [0.29, 0.717) is 18.0 Å². The fourth-order valence-corrected chi connectivity index (χ4v) is 4.70. The van der Waals surface area contributed by atoms with E-state index in [2.05, 4.69) is 5.32 Å². The SMILES string of the molecule is C[C@@H]1CCCCN1S(=O)(=O)c1ccc(NC(=O)/C=C\c2ccco2)cc1. The Bertz CT molecular complexity index is 871. The summed E-state index contributed by atoms with van der Waals surface area (Å²) in [4.78, 5) is 12.2. The predicted molar refractivity (Wildman–Crippen MR) is 100 cm³/mol. The number of carbonyl (C=O) groups excluding carboxylic acids is 1. The van der Waals surface area contributed by atoms with Crippen molar-refractivity contribution >= 4 is 27.7 Å². The summed E-state index contributed by atoms with van der Waals surface area (Å²) in [6.07, 6.45) is 7.28. The van der Waals surface area contributed by atoms with Crippen molar-refractivity contribution < 1.29 is 17.6 Å². The highest BCUT2D eigenvalue weighted by molar-refractivity contribution is 7.89. The molecular weight excluding hydrogens is 352 g/mol. The van der Waals surface area contributed by atoms with E-state index in [0.717, 1.165) is 19.3 Å². The molecule has 1 aromatic heterocycles. The molecule has 2 aromatic rings. The zero-order valence-electron chi connectivity index (χ0n) is 14.6. The van der Waals surface area contributed by atoms with E-state index in [9.17, 15) is 13.2 Å². The number of nitrogens with zero attached hydrogens (tertiary/aromatic N) is 1. The Morgan fingerprint density at radius 2 is 2.00 bits per heavy atom. The molecule has 7 heteroatoms. The topological polar surface area (TPSA) is 79.6 Å². The zero-order chi connectivity index (χ0) is 18.6. The van der Waals surface area contributed by atoms with Crippen LogP contribution < -0.4 is 5.32 Å². The maximum Gasteiger partial charge on any atom is 0.248 e. The van der Waals surface area contributed by atoms with E-state index in [-0.39, 0.29) is 16.8 Å². The fourth-order valence-electron chi connectivity index (χ4n) is 3.00. The molecule has 0 saturated carbocycles. The largest absolute Gasteiger partial charge is 0.465 e. The van der Waals surface area contributed by atoms with Gasteiger partial charge in [-0.2, -0.15) is 4.31 Å². The third-order valence-electron chi connectivity index (χ3n) is 4.41. The lowest BCUT2D eigenvalue weighted by Gasteiger charge is -2.32. The number of hydrogen-bond donors (Lipinski definition) is 1. The van der Waals surface area contributed by atoms with Crippen molar-refractivity contribution in [2.45, 2.75) is 37.1 Å². The van der Waals surface area contributed by atoms with Gasteiger partial charge in [-0.05, 0) is 62.2 Å². The Morgan fingerprint density at radius 1 is 1.23 bits per heavy atom. The van der Waals surface area contributed by atoms with Crippen molar-refractivity contribution in [3.05, 3.63) is 54.5 Å². The summed E-state index contributed by atoms with van der Waals surface area (Å²) in [5, 5.41) is 2.70. The molecule has 6 nitrogen and oxygen atoms in total. The van der Waals surface area contributed by atoms with Gasteiger partial charge in [0.25, 0.3) is 0 Å². The Kier molecular flexibility index (Phi) is 5.58. The summed E-state index contributed by atoms with van der Waals surface area (Å²) in [5.41, 5.74) is 0.532. The first kappa shape index (κ1) is 18.4. The van der Waals surface area contributed by atoms with E-state index in [1.807, 2.05) is 6.92 Å². The number of amides is 1. The first-order valence-corrected chi connectivity index (χ1v) is 10.1. The first-order chi connectivity index (χ1) is 12.5.